The molecule has 26 heavy (non-hydrogen) atoms. The van der Waals surface area contributed by atoms with E-state index in [4.69, 9.17) is 14.2 Å². The zero-order valence-electron chi connectivity index (χ0n) is 15.2. The number of benzene rings is 1. The van der Waals surface area contributed by atoms with Crippen LogP contribution in [0.2, 0.25) is 0 Å². The van der Waals surface area contributed by atoms with E-state index in [0.29, 0.717) is 42.7 Å². The van der Waals surface area contributed by atoms with E-state index < -0.39 is 0 Å². The van der Waals surface area contributed by atoms with Crippen molar-refractivity contribution in [2.75, 3.05) is 39.8 Å². The van der Waals surface area contributed by atoms with Crippen LogP contribution in [0.4, 0.5) is 5.95 Å². The van der Waals surface area contributed by atoms with Gasteiger partial charge in [-0.15, -0.1) is 0 Å². The third kappa shape index (κ3) is 5.59. The number of hydrogen-bond acceptors (Lipinski definition) is 7. The van der Waals surface area contributed by atoms with Crippen molar-refractivity contribution in [2.45, 2.75) is 13.0 Å². The Morgan fingerprint density at radius 1 is 1.08 bits per heavy atom. The van der Waals surface area contributed by atoms with Crippen molar-refractivity contribution in [3.05, 3.63) is 41.7 Å². The summed E-state index contributed by atoms with van der Waals surface area (Å²) in [4.78, 5) is 20.3. The average molecular weight is 360 g/mol. The van der Waals surface area contributed by atoms with Gasteiger partial charge in [0.15, 0.2) is 11.5 Å². The van der Waals surface area contributed by atoms with Crippen molar-refractivity contribution in [1.29, 1.82) is 0 Å². The van der Waals surface area contributed by atoms with E-state index >= 15 is 0 Å². The van der Waals surface area contributed by atoms with E-state index in [9.17, 15) is 4.79 Å². The number of anilines is 1. The molecule has 1 amide bonds. The normalized spacial score (nSPS) is 10.3. The quantitative estimate of drug-likeness (QED) is 0.625. The number of carbonyl (C=O) groups excluding carboxylic acids is 1. The maximum atomic E-state index is 12.0. The third-order valence-electron chi connectivity index (χ3n) is 3.62. The molecule has 0 fully saturated rings. The van der Waals surface area contributed by atoms with Crippen molar-refractivity contribution in [2.24, 2.45) is 0 Å². The fourth-order valence-corrected chi connectivity index (χ4v) is 2.23. The first-order valence-electron chi connectivity index (χ1n) is 8.22. The van der Waals surface area contributed by atoms with Crippen LogP contribution >= 0.6 is 0 Å². The van der Waals surface area contributed by atoms with Crippen LogP contribution in [-0.4, -0.2) is 50.4 Å². The molecular formula is C18H24N4O4. The highest BCUT2D eigenvalue weighted by atomic mass is 16.5. The van der Waals surface area contributed by atoms with E-state index in [0.717, 1.165) is 12.0 Å². The Kier molecular flexibility index (Phi) is 7.63. The van der Waals surface area contributed by atoms with Crippen LogP contribution in [0.25, 0.3) is 0 Å². The van der Waals surface area contributed by atoms with Crippen molar-refractivity contribution in [3.63, 3.8) is 0 Å². The number of nitrogens with one attached hydrogen (secondary N) is 2. The molecule has 140 valence electrons. The largest absolute Gasteiger partial charge is 0.493 e. The molecule has 2 rings (SSSR count). The van der Waals surface area contributed by atoms with Gasteiger partial charge in [-0.05, 0) is 24.1 Å². The first kappa shape index (κ1) is 19.5. The predicted molar refractivity (Wildman–Crippen MR) is 97.7 cm³/mol. The van der Waals surface area contributed by atoms with Gasteiger partial charge in [0, 0.05) is 39.2 Å². The standard InChI is InChI=1S/C18H24N4O4/c1-24-8-4-7-19-17(23)14-11-21-18(22-12-14)20-10-13-5-6-15(25-2)16(9-13)26-3/h5-6,9,11-12H,4,7-8,10H2,1-3H3,(H,19,23)(H,20,21,22). The van der Waals surface area contributed by atoms with E-state index in [1.54, 1.807) is 21.3 Å². The van der Waals surface area contributed by atoms with Gasteiger partial charge in [-0.1, -0.05) is 6.07 Å². The monoisotopic (exact) mass is 360 g/mol. The van der Waals surface area contributed by atoms with Crippen LogP contribution in [-0.2, 0) is 11.3 Å². The summed E-state index contributed by atoms with van der Waals surface area (Å²) in [6, 6.07) is 5.65. The second-order valence-corrected chi connectivity index (χ2v) is 5.44. The minimum Gasteiger partial charge on any atom is -0.493 e. The average Bonchev–Trinajstić information content (AvgIpc) is 2.69. The number of aromatic nitrogens is 2. The maximum Gasteiger partial charge on any atom is 0.254 e. The smallest absolute Gasteiger partial charge is 0.254 e. The molecule has 8 heteroatoms. The van der Waals surface area contributed by atoms with E-state index in [2.05, 4.69) is 20.6 Å². The molecule has 2 aromatic rings. The summed E-state index contributed by atoms with van der Waals surface area (Å²) in [7, 11) is 4.82. The van der Waals surface area contributed by atoms with Crippen molar-refractivity contribution in [1.82, 2.24) is 15.3 Å². The topological polar surface area (TPSA) is 94.6 Å². The molecule has 0 aliphatic heterocycles. The van der Waals surface area contributed by atoms with Gasteiger partial charge in [0.25, 0.3) is 5.91 Å². The highest BCUT2D eigenvalue weighted by Gasteiger charge is 2.08. The molecule has 2 N–H and O–H groups in total. The van der Waals surface area contributed by atoms with Crippen molar-refractivity contribution < 1.29 is 19.0 Å². The molecule has 0 bridgehead atoms. The van der Waals surface area contributed by atoms with Crippen LogP contribution in [0.3, 0.4) is 0 Å². The van der Waals surface area contributed by atoms with Crippen molar-refractivity contribution >= 4 is 11.9 Å². The Labute approximate surface area is 152 Å². The maximum absolute atomic E-state index is 12.0. The van der Waals surface area contributed by atoms with E-state index in [1.807, 2.05) is 18.2 Å². The Morgan fingerprint density at radius 3 is 2.46 bits per heavy atom. The van der Waals surface area contributed by atoms with Crippen molar-refractivity contribution in [3.8, 4) is 11.5 Å². The minimum absolute atomic E-state index is 0.201. The fourth-order valence-electron chi connectivity index (χ4n) is 2.23. The van der Waals surface area contributed by atoms with Gasteiger partial charge >= 0.3 is 0 Å². The van der Waals surface area contributed by atoms with Gasteiger partial charge in [0.1, 0.15) is 0 Å². The van der Waals surface area contributed by atoms with Crippen LogP contribution in [0.5, 0.6) is 11.5 Å². The van der Waals surface area contributed by atoms with Gasteiger partial charge in [-0.2, -0.15) is 0 Å². The zero-order valence-corrected chi connectivity index (χ0v) is 15.2. The van der Waals surface area contributed by atoms with E-state index in [-0.39, 0.29) is 5.91 Å². The van der Waals surface area contributed by atoms with Gasteiger partial charge in [0.05, 0.1) is 19.8 Å². The minimum atomic E-state index is -0.201. The van der Waals surface area contributed by atoms with Gasteiger partial charge in [0.2, 0.25) is 5.95 Å². The molecule has 1 heterocycles. The lowest BCUT2D eigenvalue weighted by molar-refractivity contribution is 0.0948. The SMILES string of the molecule is COCCCNC(=O)c1cnc(NCc2ccc(OC)c(OC)c2)nc1. The molecule has 8 nitrogen and oxygen atoms in total. The Bertz CT molecular complexity index is 707. The summed E-state index contributed by atoms with van der Waals surface area (Å²) in [5.41, 5.74) is 1.41. The lowest BCUT2D eigenvalue weighted by Crippen LogP contribution is -2.25. The number of amides is 1. The molecule has 0 aliphatic carbocycles. The van der Waals surface area contributed by atoms with Gasteiger partial charge in [-0.3, -0.25) is 4.79 Å². The molecule has 0 spiro atoms. The Balaban J connectivity index is 1.88. The number of ether oxygens (including phenoxy) is 3. The van der Waals surface area contributed by atoms with Crippen LogP contribution in [0, 0.1) is 0 Å². The van der Waals surface area contributed by atoms with Gasteiger partial charge in [-0.25, -0.2) is 9.97 Å². The summed E-state index contributed by atoms with van der Waals surface area (Å²) < 4.78 is 15.4. The fraction of sp³-hybridized carbons (Fsp3) is 0.389. The molecular weight excluding hydrogens is 336 g/mol. The predicted octanol–water partition coefficient (Wildman–Crippen LogP) is 1.87. The number of rotatable bonds is 10. The first-order valence-corrected chi connectivity index (χ1v) is 8.22. The lowest BCUT2D eigenvalue weighted by Gasteiger charge is -2.10. The number of nitrogens with zero attached hydrogens (tertiary/aromatic N) is 2. The second kappa shape index (κ2) is 10.2. The summed E-state index contributed by atoms with van der Waals surface area (Å²) in [5, 5.41) is 5.90. The Morgan fingerprint density at radius 2 is 1.81 bits per heavy atom. The summed E-state index contributed by atoms with van der Waals surface area (Å²) in [6.07, 6.45) is 3.75. The summed E-state index contributed by atoms with van der Waals surface area (Å²) >= 11 is 0. The zero-order chi connectivity index (χ0) is 18.8. The number of carbonyl (C=O) groups is 1. The molecule has 0 atom stereocenters. The number of hydrogen-bond donors (Lipinski definition) is 2. The second-order valence-electron chi connectivity index (χ2n) is 5.44. The lowest BCUT2D eigenvalue weighted by atomic mass is 10.2. The first-order chi connectivity index (χ1) is 12.7. The number of methoxy groups -OCH3 is 3. The molecule has 0 saturated carbocycles. The molecule has 0 aliphatic rings. The highest BCUT2D eigenvalue weighted by Crippen LogP contribution is 2.27. The van der Waals surface area contributed by atoms with Crippen LogP contribution in [0.1, 0.15) is 22.3 Å². The highest BCUT2D eigenvalue weighted by molar-refractivity contribution is 5.93. The molecule has 1 aromatic carbocycles. The molecule has 0 radical (unpaired) electrons. The van der Waals surface area contributed by atoms with Crippen LogP contribution in [0.15, 0.2) is 30.6 Å². The molecule has 0 saturated heterocycles. The van der Waals surface area contributed by atoms with E-state index in [1.165, 1.54) is 12.4 Å². The third-order valence-corrected chi connectivity index (χ3v) is 3.62. The summed E-state index contributed by atoms with van der Waals surface area (Å²) in [5.74, 6) is 1.57. The molecule has 0 unspecified atom stereocenters. The summed E-state index contributed by atoms with van der Waals surface area (Å²) in [6.45, 7) is 1.67. The molecule has 1 aromatic heterocycles. The van der Waals surface area contributed by atoms with Crippen LogP contribution < -0.4 is 20.1 Å². The Hall–Kier alpha value is -2.87. The van der Waals surface area contributed by atoms with Gasteiger partial charge < -0.3 is 24.8 Å².